The minimum absolute atomic E-state index is 0.0194. The number of hydrogen-bond donors (Lipinski definition) is 2. The summed E-state index contributed by atoms with van der Waals surface area (Å²) in [5.41, 5.74) is 8.11. The Morgan fingerprint density at radius 1 is 1.24 bits per heavy atom. The van der Waals surface area contributed by atoms with Crippen molar-refractivity contribution >= 4 is 5.91 Å². The molecule has 7 heteroatoms. The van der Waals surface area contributed by atoms with Gasteiger partial charge in [-0.2, -0.15) is 0 Å². The minimum Gasteiger partial charge on any atom is -0.332 e. The second-order valence-electron chi connectivity index (χ2n) is 6.39. The summed E-state index contributed by atoms with van der Waals surface area (Å²) in [5.74, 6) is 0.622. The number of amides is 1. The Bertz CT molecular complexity index is 545. The lowest BCUT2D eigenvalue weighted by molar-refractivity contribution is -0.135. The Morgan fingerprint density at radius 2 is 2.14 bits per heavy atom. The van der Waals surface area contributed by atoms with E-state index in [-0.39, 0.29) is 18.0 Å². The van der Waals surface area contributed by atoms with Gasteiger partial charge >= 0.3 is 0 Å². The summed E-state index contributed by atoms with van der Waals surface area (Å²) in [5, 5.41) is 7.86. The largest absolute Gasteiger partial charge is 0.332 e. The van der Waals surface area contributed by atoms with Gasteiger partial charge in [0.15, 0.2) is 0 Å². The molecule has 7 nitrogen and oxygen atoms in total. The number of hydrogen-bond acceptors (Lipinski definition) is 6. The normalized spacial score (nSPS) is 35.4. The van der Waals surface area contributed by atoms with E-state index in [0.717, 1.165) is 43.6 Å². The third-order valence-corrected chi connectivity index (χ3v) is 5.23. The van der Waals surface area contributed by atoms with Crippen molar-refractivity contribution in [3.63, 3.8) is 0 Å². The molecule has 1 saturated carbocycles. The van der Waals surface area contributed by atoms with Crippen LogP contribution in [0.2, 0.25) is 0 Å². The topological polar surface area (TPSA) is 83.3 Å². The highest BCUT2D eigenvalue weighted by Crippen LogP contribution is 2.36. The first-order valence-corrected chi connectivity index (χ1v) is 7.86. The highest BCUT2D eigenvalue weighted by Gasteiger charge is 2.46. The zero-order valence-corrected chi connectivity index (χ0v) is 12.2. The average Bonchev–Trinajstić information content (AvgIpc) is 3.21. The van der Waals surface area contributed by atoms with E-state index in [0.29, 0.717) is 12.0 Å². The number of rotatable bonds is 2. The molecule has 2 saturated heterocycles. The highest BCUT2D eigenvalue weighted by atomic mass is 16.6. The molecule has 0 aromatic carbocycles. The monoisotopic (exact) mass is 291 g/mol. The molecule has 3 heterocycles. The lowest BCUT2D eigenvalue weighted by Gasteiger charge is -2.28. The first-order valence-electron chi connectivity index (χ1n) is 7.86. The Morgan fingerprint density at radius 3 is 2.95 bits per heavy atom. The number of likely N-dealkylation sites (tertiary alicyclic amines) is 1. The molecule has 4 unspecified atom stereocenters. The zero-order valence-electron chi connectivity index (χ0n) is 12.2. The maximum atomic E-state index is 13.0. The van der Waals surface area contributed by atoms with Crippen molar-refractivity contribution in [3.05, 3.63) is 11.4 Å². The summed E-state index contributed by atoms with van der Waals surface area (Å²) in [7, 11) is 0. The van der Waals surface area contributed by atoms with Gasteiger partial charge in [0.25, 0.3) is 0 Å². The maximum absolute atomic E-state index is 13.0. The number of nitrogens with one attached hydrogen (secondary N) is 2. The van der Waals surface area contributed by atoms with Crippen LogP contribution in [0.5, 0.6) is 0 Å². The Labute approximate surface area is 123 Å². The second kappa shape index (κ2) is 5.06. The van der Waals surface area contributed by atoms with Gasteiger partial charge in [0.05, 0.1) is 6.04 Å². The minimum atomic E-state index is -0.0988. The van der Waals surface area contributed by atoms with E-state index in [9.17, 15) is 4.79 Å². The van der Waals surface area contributed by atoms with E-state index in [1.54, 1.807) is 0 Å². The summed E-state index contributed by atoms with van der Waals surface area (Å²) in [6.07, 6.45) is 5.46. The predicted octanol–water partition coefficient (Wildman–Crippen LogP) is 0.687. The molecular weight excluding hydrogens is 270 g/mol. The summed E-state index contributed by atoms with van der Waals surface area (Å²) in [6.45, 7) is 2.68. The Kier molecular flexibility index (Phi) is 3.19. The average molecular weight is 291 g/mol. The van der Waals surface area contributed by atoms with Crippen LogP contribution in [0.15, 0.2) is 4.63 Å². The molecule has 0 radical (unpaired) electrons. The lowest BCUT2D eigenvalue weighted by Crippen LogP contribution is -2.47. The first-order chi connectivity index (χ1) is 10.3. The predicted molar refractivity (Wildman–Crippen MR) is 73.9 cm³/mol. The number of nitrogens with zero attached hydrogens (tertiary/aromatic N) is 3. The van der Waals surface area contributed by atoms with Gasteiger partial charge in [-0.05, 0) is 32.6 Å². The number of carbonyl (C=O) groups is 1. The molecule has 114 valence electrons. The molecule has 4 rings (SSSR count). The molecule has 0 spiro atoms. The van der Waals surface area contributed by atoms with Crippen LogP contribution in [0.4, 0.5) is 0 Å². The zero-order chi connectivity index (χ0) is 14.4. The van der Waals surface area contributed by atoms with Crippen LogP contribution >= 0.6 is 0 Å². The van der Waals surface area contributed by atoms with Gasteiger partial charge in [-0.3, -0.25) is 10.2 Å². The van der Waals surface area contributed by atoms with Crippen molar-refractivity contribution in [1.29, 1.82) is 0 Å². The van der Waals surface area contributed by atoms with E-state index >= 15 is 0 Å². The quantitative estimate of drug-likeness (QED) is 0.834. The third kappa shape index (κ3) is 2.06. The second-order valence-corrected chi connectivity index (χ2v) is 6.39. The van der Waals surface area contributed by atoms with Crippen LogP contribution in [0.3, 0.4) is 0 Å². The highest BCUT2D eigenvalue weighted by molar-refractivity contribution is 5.83. The van der Waals surface area contributed by atoms with Crippen LogP contribution in [0.1, 0.15) is 49.5 Å². The Balaban J connectivity index is 1.55. The fourth-order valence-corrected chi connectivity index (χ4v) is 4.15. The molecule has 1 aromatic rings. The third-order valence-electron chi connectivity index (χ3n) is 5.23. The standard InChI is InChI=1S/C14H21N5O2/c1-8-12(18-21-17-8)11-6-3-7-19(11)14(20)13-9-4-2-5-10(9)15-16-13/h9-11,13,15-16H,2-7H2,1H3. The number of aryl methyl sites for hydroxylation is 1. The van der Waals surface area contributed by atoms with Crippen molar-refractivity contribution in [2.24, 2.45) is 5.92 Å². The van der Waals surface area contributed by atoms with Crippen LogP contribution in [-0.2, 0) is 4.79 Å². The van der Waals surface area contributed by atoms with E-state index in [1.807, 2.05) is 11.8 Å². The van der Waals surface area contributed by atoms with Crippen molar-refractivity contribution in [2.75, 3.05) is 6.54 Å². The van der Waals surface area contributed by atoms with Crippen LogP contribution in [0, 0.1) is 12.8 Å². The van der Waals surface area contributed by atoms with Gasteiger partial charge in [-0.1, -0.05) is 16.7 Å². The SMILES string of the molecule is Cc1nonc1C1CCCN1C(=O)C1NNC2CCCC21. The number of fused-ring (bicyclic) bond motifs is 1. The molecule has 21 heavy (non-hydrogen) atoms. The van der Waals surface area contributed by atoms with Crippen molar-refractivity contribution in [1.82, 2.24) is 26.1 Å². The molecule has 2 N–H and O–H groups in total. The fraction of sp³-hybridized carbons (Fsp3) is 0.786. The van der Waals surface area contributed by atoms with E-state index in [4.69, 9.17) is 4.63 Å². The number of carbonyl (C=O) groups excluding carboxylic acids is 1. The van der Waals surface area contributed by atoms with E-state index in [1.165, 1.54) is 6.42 Å². The van der Waals surface area contributed by atoms with Crippen LogP contribution in [-0.4, -0.2) is 39.7 Å². The summed E-state index contributed by atoms with van der Waals surface area (Å²) in [6, 6.07) is 0.375. The molecule has 0 bridgehead atoms. The van der Waals surface area contributed by atoms with Crippen molar-refractivity contribution < 1.29 is 9.42 Å². The summed E-state index contributed by atoms with van der Waals surface area (Å²) >= 11 is 0. The Hall–Kier alpha value is -1.47. The van der Waals surface area contributed by atoms with Crippen LogP contribution < -0.4 is 10.9 Å². The molecule has 3 aliphatic rings. The summed E-state index contributed by atoms with van der Waals surface area (Å²) < 4.78 is 4.81. The molecule has 2 aliphatic heterocycles. The van der Waals surface area contributed by atoms with Gasteiger partial charge in [-0.15, -0.1) is 0 Å². The molecule has 3 fully saturated rings. The first kappa shape index (κ1) is 13.2. The van der Waals surface area contributed by atoms with Gasteiger partial charge < -0.3 is 4.90 Å². The fourth-order valence-electron chi connectivity index (χ4n) is 4.15. The molecule has 1 aliphatic carbocycles. The smallest absolute Gasteiger partial charge is 0.241 e. The maximum Gasteiger partial charge on any atom is 0.241 e. The molecular formula is C14H21N5O2. The van der Waals surface area contributed by atoms with E-state index in [2.05, 4.69) is 21.2 Å². The van der Waals surface area contributed by atoms with Crippen LogP contribution in [0.25, 0.3) is 0 Å². The number of aromatic nitrogens is 2. The molecule has 1 aromatic heterocycles. The lowest BCUT2D eigenvalue weighted by atomic mass is 9.96. The molecule has 4 atom stereocenters. The summed E-state index contributed by atoms with van der Waals surface area (Å²) in [4.78, 5) is 14.9. The van der Waals surface area contributed by atoms with E-state index < -0.39 is 0 Å². The van der Waals surface area contributed by atoms with Gasteiger partial charge in [0.2, 0.25) is 5.91 Å². The van der Waals surface area contributed by atoms with Gasteiger partial charge in [-0.25, -0.2) is 10.1 Å². The van der Waals surface area contributed by atoms with Gasteiger partial charge in [0.1, 0.15) is 17.4 Å². The van der Waals surface area contributed by atoms with Crippen molar-refractivity contribution in [2.45, 2.75) is 57.2 Å². The number of hydrazine groups is 1. The molecule has 1 amide bonds. The van der Waals surface area contributed by atoms with Gasteiger partial charge in [0, 0.05) is 18.5 Å². The van der Waals surface area contributed by atoms with Crippen molar-refractivity contribution in [3.8, 4) is 0 Å².